The van der Waals surface area contributed by atoms with Crippen LogP contribution in [0.5, 0.6) is 0 Å². The highest BCUT2D eigenvalue weighted by Gasteiger charge is 2.17. The summed E-state index contributed by atoms with van der Waals surface area (Å²) in [4.78, 5) is 0. The average Bonchev–Trinajstić information content (AvgIpc) is 2.29. The molecule has 2 nitrogen and oxygen atoms in total. The number of hydrogen-bond acceptors (Lipinski definition) is 2. The highest BCUT2D eigenvalue weighted by Crippen LogP contribution is 2.22. The summed E-state index contributed by atoms with van der Waals surface area (Å²) in [6, 6.07) is 0.826. The Bertz CT molecular complexity index is 130. The van der Waals surface area contributed by atoms with Crippen molar-refractivity contribution in [2.45, 2.75) is 51.0 Å². The second-order valence-electron chi connectivity index (χ2n) is 4.78. The van der Waals surface area contributed by atoms with Crippen LogP contribution >= 0.6 is 0 Å². The minimum Gasteiger partial charge on any atom is -0.381 e. The van der Waals surface area contributed by atoms with Crippen molar-refractivity contribution < 1.29 is 4.74 Å². The van der Waals surface area contributed by atoms with Gasteiger partial charge >= 0.3 is 0 Å². The van der Waals surface area contributed by atoms with Crippen molar-refractivity contribution in [3.63, 3.8) is 0 Å². The third kappa shape index (κ3) is 3.25. The van der Waals surface area contributed by atoms with Crippen LogP contribution in [0.15, 0.2) is 0 Å². The first-order chi connectivity index (χ1) is 6.95. The van der Waals surface area contributed by atoms with Gasteiger partial charge in [-0.3, -0.25) is 0 Å². The van der Waals surface area contributed by atoms with E-state index in [0.717, 1.165) is 25.2 Å². The van der Waals surface area contributed by atoms with E-state index in [4.69, 9.17) is 4.74 Å². The summed E-state index contributed by atoms with van der Waals surface area (Å²) in [5, 5.41) is 3.63. The summed E-state index contributed by atoms with van der Waals surface area (Å²) >= 11 is 0. The summed E-state index contributed by atoms with van der Waals surface area (Å²) in [7, 11) is 0. The normalized spacial score (nSPS) is 30.4. The number of ether oxygens (including phenoxy) is 1. The Morgan fingerprint density at radius 2 is 1.86 bits per heavy atom. The first-order valence-electron chi connectivity index (χ1n) is 6.26. The van der Waals surface area contributed by atoms with Gasteiger partial charge in [0.05, 0.1) is 0 Å². The Labute approximate surface area is 87.4 Å². The molecule has 2 aliphatic heterocycles. The molecule has 1 atom stereocenters. The molecular formula is C12H23NO. The van der Waals surface area contributed by atoms with Crippen LogP contribution in [0, 0.1) is 5.92 Å². The Hall–Kier alpha value is -0.0800. The van der Waals surface area contributed by atoms with Gasteiger partial charge in [-0.15, -0.1) is 0 Å². The number of rotatable bonds is 3. The third-order valence-electron chi connectivity index (χ3n) is 3.68. The molecule has 2 saturated heterocycles. The molecule has 0 saturated carbocycles. The largest absolute Gasteiger partial charge is 0.381 e. The summed E-state index contributed by atoms with van der Waals surface area (Å²) < 4.78 is 5.38. The third-order valence-corrected chi connectivity index (χ3v) is 3.68. The lowest BCUT2D eigenvalue weighted by Gasteiger charge is -2.27. The fourth-order valence-corrected chi connectivity index (χ4v) is 2.64. The topological polar surface area (TPSA) is 21.3 Å². The van der Waals surface area contributed by atoms with Crippen LogP contribution in [0.4, 0.5) is 0 Å². The molecule has 0 amide bonds. The van der Waals surface area contributed by atoms with E-state index in [0.29, 0.717) is 0 Å². The van der Waals surface area contributed by atoms with E-state index >= 15 is 0 Å². The zero-order valence-electron chi connectivity index (χ0n) is 9.13. The zero-order chi connectivity index (χ0) is 9.64. The van der Waals surface area contributed by atoms with Gasteiger partial charge in [-0.1, -0.05) is 6.42 Å². The maximum Gasteiger partial charge on any atom is 0.0468 e. The second kappa shape index (κ2) is 5.72. The Kier molecular flexibility index (Phi) is 4.26. The average molecular weight is 197 g/mol. The second-order valence-corrected chi connectivity index (χ2v) is 4.78. The van der Waals surface area contributed by atoms with Crippen LogP contribution in [0.25, 0.3) is 0 Å². The first-order valence-corrected chi connectivity index (χ1v) is 6.26. The van der Waals surface area contributed by atoms with Gasteiger partial charge in [-0.25, -0.2) is 0 Å². The molecule has 0 aromatic rings. The van der Waals surface area contributed by atoms with Gasteiger partial charge in [0.2, 0.25) is 0 Å². The lowest BCUT2D eigenvalue weighted by molar-refractivity contribution is 0.0621. The molecule has 1 N–H and O–H groups in total. The lowest BCUT2D eigenvalue weighted by atomic mass is 9.90. The fourth-order valence-electron chi connectivity index (χ4n) is 2.64. The zero-order valence-corrected chi connectivity index (χ0v) is 9.13. The molecule has 2 aliphatic rings. The van der Waals surface area contributed by atoms with Crippen LogP contribution in [0.1, 0.15) is 44.9 Å². The molecule has 0 aliphatic carbocycles. The minimum absolute atomic E-state index is 0.826. The summed E-state index contributed by atoms with van der Waals surface area (Å²) in [6.07, 6.45) is 9.63. The van der Waals surface area contributed by atoms with Crippen molar-refractivity contribution in [1.82, 2.24) is 5.32 Å². The van der Waals surface area contributed by atoms with Crippen LogP contribution < -0.4 is 5.32 Å². The van der Waals surface area contributed by atoms with E-state index < -0.39 is 0 Å². The van der Waals surface area contributed by atoms with Crippen molar-refractivity contribution in [2.24, 2.45) is 5.92 Å². The predicted octanol–water partition coefficient (Wildman–Crippen LogP) is 2.34. The molecule has 0 aromatic carbocycles. The number of nitrogens with one attached hydrogen (secondary N) is 1. The molecule has 2 heterocycles. The van der Waals surface area contributed by atoms with E-state index in [1.54, 1.807) is 0 Å². The van der Waals surface area contributed by atoms with E-state index in [2.05, 4.69) is 5.32 Å². The molecule has 0 spiro atoms. The van der Waals surface area contributed by atoms with Crippen molar-refractivity contribution in [1.29, 1.82) is 0 Å². The van der Waals surface area contributed by atoms with Gasteiger partial charge in [-0.2, -0.15) is 0 Å². The molecule has 2 rings (SSSR count). The van der Waals surface area contributed by atoms with E-state index in [1.165, 1.54) is 51.5 Å². The molecule has 0 aromatic heterocycles. The van der Waals surface area contributed by atoms with Gasteiger partial charge in [-0.05, 0) is 51.0 Å². The van der Waals surface area contributed by atoms with Crippen LogP contribution in [-0.4, -0.2) is 25.8 Å². The van der Waals surface area contributed by atoms with E-state index in [-0.39, 0.29) is 0 Å². The van der Waals surface area contributed by atoms with Crippen molar-refractivity contribution >= 4 is 0 Å². The van der Waals surface area contributed by atoms with Crippen molar-refractivity contribution in [3.05, 3.63) is 0 Å². The molecule has 0 radical (unpaired) electrons. The molecule has 0 bridgehead atoms. The fraction of sp³-hybridized carbons (Fsp3) is 1.00. The van der Waals surface area contributed by atoms with Crippen LogP contribution in [0.3, 0.4) is 0 Å². The monoisotopic (exact) mass is 197 g/mol. The predicted molar refractivity (Wildman–Crippen MR) is 58.4 cm³/mol. The van der Waals surface area contributed by atoms with Crippen molar-refractivity contribution in [3.8, 4) is 0 Å². The summed E-state index contributed by atoms with van der Waals surface area (Å²) in [6.45, 7) is 3.25. The van der Waals surface area contributed by atoms with Crippen LogP contribution in [0.2, 0.25) is 0 Å². The summed E-state index contributed by atoms with van der Waals surface area (Å²) in [5.41, 5.74) is 0. The number of piperidine rings is 1. The summed E-state index contributed by atoms with van der Waals surface area (Å²) in [5.74, 6) is 0.951. The maximum atomic E-state index is 5.38. The minimum atomic E-state index is 0.826. The van der Waals surface area contributed by atoms with Gasteiger partial charge in [0.1, 0.15) is 0 Å². The van der Waals surface area contributed by atoms with Crippen LogP contribution in [-0.2, 0) is 4.74 Å². The van der Waals surface area contributed by atoms with Gasteiger partial charge in [0, 0.05) is 19.3 Å². The standard InChI is InChI=1S/C12H23NO/c1-2-8-13-12(3-1)5-4-11-6-9-14-10-7-11/h11-13H,1-10H2. The lowest BCUT2D eigenvalue weighted by Crippen LogP contribution is -2.34. The van der Waals surface area contributed by atoms with E-state index in [9.17, 15) is 0 Å². The molecule has 1 unspecified atom stereocenters. The molecule has 2 fully saturated rings. The molecule has 14 heavy (non-hydrogen) atoms. The number of hydrogen-bond donors (Lipinski definition) is 1. The highest BCUT2D eigenvalue weighted by atomic mass is 16.5. The van der Waals surface area contributed by atoms with Gasteiger partial charge in [0.25, 0.3) is 0 Å². The van der Waals surface area contributed by atoms with E-state index in [1.807, 2.05) is 0 Å². The smallest absolute Gasteiger partial charge is 0.0468 e. The quantitative estimate of drug-likeness (QED) is 0.750. The molecular weight excluding hydrogens is 174 g/mol. The van der Waals surface area contributed by atoms with Gasteiger partial charge in [0.15, 0.2) is 0 Å². The molecule has 82 valence electrons. The Morgan fingerprint density at radius 1 is 1.00 bits per heavy atom. The highest BCUT2D eigenvalue weighted by molar-refractivity contribution is 4.74. The maximum absolute atomic E-state index is 5.38. The molecule has 2 heteroatoms. The first kappa shape index (κ1) is 10.4. The van der Waals surface area contributed by atoms with Gasteiger partial charge < -0.3 is 10.1 Å². The Balaban J connectivity index is 1.60. The SMILES string of the molecule is C1CCC(CCC2CCOCC2)NC1. The Morgan fingerprint density at radius 3 is 2.57 bits per heavy atom. The van der Waals surface area contributed by atoms with Crippen molar-refractivity contribution in [2.75, 3.05) is 19.8 Å².